The molecule has 7 nitrogen and oxygen atoms in total. The fraction of sp³-hybridized carbons (Fsp3) is 0.542. The van der Waals surface area contributed by atoms with Gasteiger partial charge in [-0.2, -0.15) is 4.98 Å². The minimum absolute atomic E-state index is 0.241. The number of nitrogens with zero attached hydrogens (tertiary/aromatic N) is 5. The summed E-state index contributed by atoms with van der Waals surface area (Å²) < 4.78 is 4.97. The molecule has 31 heavy (non-hydrogen) atoms. The molecular weight excluding hydrogens is 390 g/mol. The quantitative estimate of drug-likeness (QED) is 0.652. The molecule has 0 amide bonds. The number of benzene rings is 1. The van der Waals surface area contributed by atoms with Crippen molar-refractivity contribution in [3.8, 4) is 0 Å². The molecule has 0 saturated heterocycles. The third-order valence-corrected chi connectivity index (χ3v) is 6.95. The molecular formula is C24H31N5O2. The molecule has 5 rings (SSSR count). The molecule has 3 heterocycles. The lowest BCUT2D eigenvalue weighted by atomic mass is 9.93. The van der Waals surface area contributed by atoms with Crippen LogP contribution in [0.25, 0.3) is 11.2 Å². The molecule has 1 unspecified atom stereocenters. The number of fused-ring (bicyclic) bond motifs is 3. The van der Waals surface area contributed by atoms with Gasteiger partial charge in [-0.25, -0.2) is 4.79 Å². The first-order chi connectivity index (χ1) is 14.9. The highest BCUT2D eigenvalue weighted by Crippen LogP contribution is 2.33. The molecule has 1 atom stereocenters. The number of anilines is 1. The van der Waals surface area contributed by atoms with E-state index < -0.39 is 0 Å². The molecule has 0 spiro atoms. The van der Waals surface area contributed by atoms with E-state index in [0.717, 1.165) is 30.2 Å². The molecule has 1 aliphatic heterocycles. The first-order valence-electron chi connectivity index (χ1n) is 11.5. The van der Waals surface area contributed by atoms with Gasteiger partial charge in [0.15, 0.2) is 11.2 Å². The van der Waals surface area contributed by atoms with Crippen LogP contribution in [-0.4, -0.2) is 31.3 Å². The zero-order valence-electron chi connectivity index (χ0n) is 18.7. The molecule has 0 bridgehead atoms. The molecule has 2 aliphatic rings. The second-order valence-electron chi connectivity index (χ2n) is 9.46. The summed E-state index contributed by atoms with van der Waals surface area (Å²) in [6.45, 7) is 6.24. The van der Waals surface area contributed by atoms with Crippen molar-refractivity contribution in [1.29, 1.82) is 0 Å². The van der Waals surface area contributed by atoms with Crippen molar-refractivity contribution in [3.63, 3.8) is 0 Å². The van der Waals surface area contributed by atoms with Crippen LogP contribution in [0, 0.1) is 12.8 Å². The van der Waals surface area contributed by atoms with E-state index in [1.807, 2.05) is 31.2 Å². The minimum atomic E-state index is -0.314. The Kier molecular flexibility index (Phi) is 4.99. The molecule has 164 valence electrons. The highest BCUT2D eigenvalue weighted by Gasteiger charge is 2.33. The predicted molar refractivity (Wildman–Crippen MR) is 123 cm³/mol. The molecule has 1 saturated carbocycles. The van der Waals surface area contributed by atoms with E-state index in [2.05, 4.69) is 16.4 Å². The summed E-state index contributed by atoms with van der Waals surface area (Å²) in [5.74, 6) is 1.29. The van der Waals surface area contributed by atoms with Crippen molar-refractivity contribution in [2.24, 2.45) is 13.0 Å². The highest BCUT2D eigenvalue weighted by molar-refractivity contribution is 5.75. The summed E-state index contributed by atoms with van der Waals surface area (Å²) in [5, 5.41) is 0. The van der Waals surface area contributed by atoms with Gasteiger partial charge in [0.2, 0.25) is 5.95 Å². The molecule has 1 fully saturated rings. The fourth-order valence-corrected chi connectivity index (χ4v) is 5.26. The number of hydrogen-bond acceptors (Lipinski definition) is 4. The molecule has 3 aromatic rings. The monoisotopic (exact) mass is 421 g/mol. The maximum Gasteiger partial charge on any atom is 0.332 e. The first-order valence-corrected chi connectivity index (χ1v) is 11.5. The van der Waals surface area contributed by atoms with Gasteiger partial charge >= 0.3 is 5.69 Å². The van der Waals surface area contributed by atoms with Crippen LogP contribution in [0.15, 0.2) is 33.9 Å². The highest BCUT2D eigenvalue weighted by atomic mass is 16.2. The van der Waals surface area contributed by atoms with Crippen LogP contribution in [0.2, 0.25) is 0 Å². The van der Waals surface area contributed by atoms with Crippen molar-refractivity contribution in [3.05, 3.63) is 56.2 Å². The largest absolute Gasteiger partial charge is 0.339 e. The van der Waals surface area contributed by atoms with Gasteiger partial charge in [0, 0.05) is 26.2 Å². The smallest absolute Gasteiger partial charge is 0.332 e. The summed E-state index contributed by atoms with van der Waals surface area (Å²) in [6.07, 6.45) is 6.14. The van der Waals surface area contributed by atoms with Gasteiger partial charge in [0.05, 0.1) is 6.54 Å². The Morgan fingerprint density at radius 1 is 1.03 bits per heavy atom. The van der Waals surface area contributed by atoms with Crippen LogP contribution in [0.3, 0.4) is 0 Å². The van der Waals surface area contributed by atoms with E-state index >= 15 is 0 Å². The topological polar surface area (TPSA) is 65.1 Å². The Bertz CT molecular complexity index is 1230. The molecule has 1 aromatic carbocycles. The summed E-state index contributed by atoms with van der Waals surface area (Å²) in [5.41, 5.74) is 2.60. The molecule has 0 radical (unpaired) electrons. The Balaban J connectivity index is 1.66. The van der Waals surface area contributed by atoms with Gasteiger partial charge in [-0.05, 0) is 31.2 Å². The Morgan fingerprint density at radius 2 is 1.74 bits per heavy atom. The molecule has 1 aliphatic carbocycles. The number of imidazole rings is 1. The number of aryl methyl sites for hydroxylation is 2. The standard InChI is InChI=1S/C24H31N5O2/c1-16-9-11-18(12-10-16)15-29-22(30)20-21(26(3)24(29)31)25-23-27(13-17(2)14-28(20)23)19-7-5-4-6-8-19/h9-12,17,19H,4-8,13-15H2,1-3H3. The first kappa shape index (κ1) is 20.1. The number of hydrogen-bond donors (Lipinski definition) is 0. The Labute approximate surface area is 181 Å². The average Bonchev–Trinajstić information content (AvgIpc) is 3.16. The fourth-order valence-electron chi connectivity index (χ4n) is 5.26. The zero-order valence-corrected chi connectivity index (χ0v) is 18.7. The Morgan fingerprint density at radius 3 is 2.45 bits per heavy atom. The maximum absolute atomic E-state index is 13.6. The van der Waals surface area contributed by atoms with Crippen molar-refractivity contribution >= 4 is 17.1 Å². The van der Waals surface area contributed by atoms with Crippen molar-refractivity contribution in [2.45, 2.75) is 65.1 Å². The second-order valence-corrected chi connectivity index (χ2v) is 9.46. The van der Waals surface area contributed by atoms with Crippen molar-refractivity contribution in [1.82, 2.24) is 18.7 Å². The predicted octanol–water partition coefficient (Wildman–Crippen LogP) is 3.04. The maximum atomic E-state index is 13.6. The van der Waals surface area contributed by atoms with Gasteiger partial charge in [0.1, 0.15) is 0 Å². The third kappa shape index (κ3) is 3.40. The van der Waals surface area contributed by atoms with E-state index in [9.17, 15) is 9.59 Å². The van der Waals surface area contributed by atoms with Crippen LogP contribution in [-0.2, 0) is 20.1 Å². The van der Waals surface area contributed by atoms with E-state index in [-0.39, 0.29) is 17.8 Å². The van der Waals surface area contributed by atoms with Crippen LogP contribution in [0.1, 0.15) is 50.2 Å². The van der Waals surface area contributed by atoms with E-state index in [0.29, 0.717) is 23.1 Å². The van der Waals surface area contributed by atoms with Gasteiger partial charge in [0.25, 0.3) is 5.56 Å². The van der Waals surface area contributed by atoms with Gasteiger partial charge < -0.3 is 9.47 Å². The van der Waals surface area contributed by atoms with E-state index in [1.165, 1.54) is 36.7 Å². The lowest BCUT2D eigenvalue weighted by molar-refractivity contribution is 0.354. The van der Waals surface area contributed by atoms with E-state index in [4.69, 9.17) is 4.98 Å². The lowest BCUT2D eigenvalue weighted by Crippen LogP contribution is -2.45. The summed E-state index contributed by atoms with van der Waals surface area (Å²) >= 11 is 0. The average molecular weight is 422 g/mol. The molecule has 0 N–H and O–H groups in total. The van der Waals surface area contributed by atoms with Crippen LogP contribution in [0.4, 0.5) is 5.95 Å². The number of rotatable bonds is 3. The van der Waals surface area contributed by atoms with Crippen LogP contribution >= 0.6 is 0 Å². The molecule has 2 aromatic heterocycles. The second kappa shape index (κ2) is 7.70. The van der Waals surface area contributed by atoms with Gasteiger partial charge in [-0.15, -0.1) is 0 Å². The van der Waals surface area contributed by atoms with Crippen molar-refractivity contribution in [2.75, 3.05) is 11.4 Å². The Hall–Kier alpha value is -2.83. The lowest BCUT2D eigenvalue weighted by Gasteiger charge is -2.40. The summed E-state index contributed by atoms with van der Waals surface area (Å²) in [7, 11) is 1.73. The summed E-state index contributed by atoms with van der Waals surface area (Å²) in [6, 6.07) is 8.44. The SMILES string of the molecule is Cc1ccc(Cn2c(=O)c3c(nc4n3CC(C)CN4C3CCCCC3)n(C)c2=O)cc1. The normalized spacial score (nSPS) is 19.7. The zero-order chi connectivity index (χ0) is 21.7. The molecule has 7 heteroatoms. The minimum Gasteiger partial charge on any atom is -0.339 e. The van der Waals surface area contributed by atoms with Crippen LogP contribution in [0.5, 0.6) is 0 Å². The van der Waals surface area contributed by atoms with E-state index in [1.54, 1.807) is 11.6 Å². The van der Waals surface area contributed by atoms with Crippen LogP contribution < -0.4 is 16.1 Å². The number of aromatic nitrogens is 4. The van der Waals surface area contributed by atoms with Gasteiger partial charge in [-0.1, -0.05) is 56.0 Å². The summed E-state index contributed by atoms with van der Waals surface area (Å²) in [4.78, 5) is 33.9. The third-order valence-electron chi connectivity index (χ3n) is 6.95. The van der Waals surface area contributed by atoms with Gasteiger partial charge in [-0.3, -0.25) is 13.9 Å². The van der Waals surface area contributed by atoms with Crippen molar-refractivity contribution < 1.29 is 0 Å².